The van der Waals surface area contributed by atoms with E-state index < -0.39 is 0 Å². The first-order chi connectivity index (χ1) is 7.79. The summed E-state index contributed by atoms with van der Waals surface area (Å²) in [5.74, 6) is 0. The third-order valence-corrected chi connectivity index (χ3v) is 2.46. The van der Waals surface area contributed by atoms with Crippen molar-refractivity contribution < 1.29 is 9.47 Å². The lowest BCUT2D eigenvalue weighted by Crippen LogP contribution is -2.30. The van der Waals surface area contributed by atoms with Gasteiger partial charge in [-0.2, -0.15) is 0 Å². The Kier molecular flexibility index (Phi) is 6.00. The molecule has 16 heavy (non-hydrogen) atoms. The van der Waals surface area contributed by atoms with Gasteiger partial charge < -0.3 is 15.2 Å². The Morgan fingerprint density at radius 3 is 2.81 bits per heavy atom. The lowest BCUT2D eigenvalue weighted by molar-refractivity contribution is 0.00257. The van der Waals surface area contributed by atoms with Gasteiger partial charge in [-0.15, -0.1) is 0 Å². The summed E-state index contributed by atoms with van der Waals surface area (Å²) in [6.45, 7) is 3.17. The molecular weight excluding hydrogens is 204 g/mol. The lowest BCUT2D eigenvalue weighted by Gasteiger charge is -2.23. The molecule has 2 N–H and O–H groups in total. The maximum Gasteiger partial charge on any atom is 0.0991 e. The molecule has 0 saturated carbocycles. The highest BCUT2D eigenvalue weighted by molar-refractivity contribution is 5.14. The Bertz CT molecular complexity index is 280. The number of hydrogen-bond acceptors (Lipinski definition) is 4. The summed E-state index contributed by atoms with van der Waals surface area (Å²) in [6.07, 6.45) is 4.31. The zero-order chi connectivity index (χ0) is 11.8. The van der Waals surface area contributed by atoms with Crippen molar-refractivity contribution in [1.82, 2.24) is 4.98 Å². The van der Waals surface area contributed by atoms with Gasteiger partial charge in [-0.05, 0) is 12.5 Å². The Morgan fingerprint density at radius 1 is 1.44 bits per heavy atom. The van der Waals surface area contributed by atoms with E-state index in [0.717, 1.165) is 12.0 Å². The molecule has 0 radical (unpaired) electrons. The van der Waals surface area contributed by atoms with Crippen molar-refractivity contribution in [3.63, 3.8) is 0 Å². The van der Waals surface area contributed by atoms with Crippen molar-refractivity contribution in [1.29, 1.82) is 0 Å². The van der Waals surface area contributed by atoms with Crippen LogP contribution < -0.4 is 5.73 Å². The number of aromatic nitrogens is 1. The van der Waals surface area contributed by atoms with Crippen molar-refractivity contribution >= 4 is 0 Å². The van der Waals surface area contributed by atoms with Crippen molar-refractivity contribution in [2.24, 2.45) is 5.73 Å². The predicted octanol–water partition coefficient (Wildman–Crippen LogP) is 1.52. The highest BCUT2D eigenvalue weighted by Crippen LogP contribution is 2.20. The summed E-state index contributed by atoms with van der Waals surface area (Å²) in [6, 6.07) is 3.87. The maximum atomic E-state index is 6.04. The number of nitrogens with two attached hydrogens (primary N) is 1. The highest BCUT2D eigenvalue weighted by atomic mass is 16.5. The number of methoxy groups -OCH3 is 1. The molecular formula is C12H20N2O2. The molecule has 0 aliphatic carbocycles. The van der Waals surface area contributed by atoms with Crippen molar-refractivity contribution in [3.05, 3.63) is 30.1 Å². The molecule has 0 aliphatic heterocycles. The maximum absolute atomic E-state index is 6.04. The molecule has 90 valence electrons. The second-order valence-corrected chi connectivity index (χ2v) is 3.64. The Morgan fingerprint density at radius 2 is 2.25 bits per heavy atom. The van der Waals surface area contributed by atoms with Gasteiger partial charge in [-0.25, -0.2) is 0 Å². The van der Waals surface area contributed by atoms with E-state index >= 15 is 0 Å². The molecule has 0 bridgehead atoms. The van der Waals surface area contributed by atoms with Crippen LogP contribution in [0, 0.1) is 0 Å². The Labute approximate surface area is 96.8 Å². The predicted molar refractivity (Wildman–Crippen MR) is 63.1 cm³/mol. The van der Waals surface area contributed by atoms with Gasteiger partial charge in [0.2, 0.25) is 0 Å². The van der Waals surface area contributed by atoms with E-state index in [9.17, 15) is 0 Å². The molecule has 1 heterocycles. The van der Waals surface area contributed by atoms with E-state index in [1.807, 2.05) is 19.1 Å². The van der Waals surface area contributed by atoms with Crippen LogP contribution in [0.3, 0.4) is 0 Å². The van der Waals surface area contributed by atoms with E-state index in [4.69, 9.17) is 15.2 Å². The smallest absolute Gasteiger partial charge is 0.0991 e. The highest BCUT2D eigenvalue weighted by Gasteiger charge is 2.18. The van der Waals surface area contributed by atoms with Crippen LogP contribution in [0.4, 0.5) is 0 Å². The molecule has 0 amide bonds. The zero-order valence-corrected chi connectivity index (χ0v) is 9.93. The second kappa shape index (κ2) is 7.33. The molecule has 0 aliphatic rings. The van der Waals surface area contributed by atoms with Crippen molar-refractivity contribution in [2.45, 2.75) is 25.5 Å². The third-order valence-electron chi connectivity index (χ3n) is 2.46. The van der Waals surface area contributed by atoms with E-state index in [0.29, 0.717) is 13.2 Å². The monoisotopic (exact) mass is 224 g/mol. The van der Waals surface area contributed by atoms with Crippen LogP contribution in [0.2, 0.25) is 0 Å². The van der Waals surface area contributed by atoms with Crippen LogP contribution in [0.1, 0.15) is 25.0 Å². The van der Waals surface area contributed by atoms with Gasteiger partial charge >= 0.3 is 0 Å². The minimum Gasteiger partial charge on any atom is -0.382 e. The van der Waals surface area contributed by atoms with Crippen LogP contribution in [-0.4, -0.2) is 31.3 Å². The fourth-order valence-electron chi connectivity index (χ4n) is 1.48. The zero-order valence-electron chi connectivity index (χ0n) is 9.93. The number of ether oxygens (including phenoxy) is 2. The second-order valence-electron chi connectivity index (χ2n) is 3.64. The van der Waals surface area contributed by atoms with Gasteiger partial charge in [0, 0.05) is 31.1 Å². The van der Waals surface area contributed by atoms with E-state index in [1.54, 1.807) is 19.5 Å². The number of pyridine rings is 1. The van der Waals surface area contributed by atoms with Crippen LogP contribution in [0.15, 0.2) is 24.5 Å². The van der Waals surface area contributed by atoms with E-state index in [1.165, 1.54) is 0 Å². The Balaban J connectivity index is 2.64. The summed E-state index contributed by atoms with van der Waals surface area (Å²) < 4.78 is 10.7. The molecule has 0 fully saturated rings. The summed E-state index contributed by atoms with van der Waals surface area (Å²) in [7, 11) is 1.65. The van der Waals surface area contributed by atoms with E-state index in [2.05, 4.69) is 4.98 Å². The minimum absolute atomic E-state index is 0.0129. The van der Waals surface area contributed by atoms with Crippen LogP contribution >= 0.6 is 0 Å². The van der Waals surface area contributed by atoms with Gasteiger partial charge in [-0.3, -0.25) is 4.98 Å². The van der Waals surface area contributed by atoms with Gasteiger partial charge in [0.05, 0.1) is 19.3 Å². The minimum atomic E-state index is -0.103. The van der Waals surface area contributed by atoms with Gasteiger partial charge in [0.1, 0.15) is 0 Å². The fraction of sp³-hybridized carbons (Fsp3) is 0.583. The Hall–Kier alpha value is -0.970. The van der Waals surface area contributed by atoms with Crippen LogP contribution in [0.5, 0.6) is 0 Å². The first kappa shape index (κ1) is 13.1. The van der Waals surface area contributed by atoms with Gasteiger partial charge in [0.25, 0.3) is 0 Å². The van der Waals surface area contributed by atoms with Gasteiger partial charge in [-0.1, -0.05) is 13.0 Å². The van der Waals surface area contributed by atoms with Gasteiger partial charge in [0.15, 0.2) is 0 Å². The average Bonchev–Trinajstić information content (AvgIpc) is 2.35. The summed E-state index contributed by atoms with van der Waals surface area (Å²) in [5, 5.41) is 0. The summed E-state index contributed by atoms with van der Waals surface area (Å²) in [5.41, 5.74) is 7.06. The molecule has 4 heteroatoms. The van der Waals surface area contributed by atoms with Crippen LogP contribution in [-0.2, 0) is 9.47 Å². The normalized spacial score (nSPS) is 14.7. The molecule has 1 rings (SSSR count). The molecule has 2 atom stereocenters. The molecule has 1 aromatic rings. The molecule has 2 unspecified atom stereocenters. The molecule has 4 nitrogen and oxygen atoms in total. The topological polar surface area (TPSA) is 57.4 Å². The fourth-order valence-corrected chi connectivity index (χ4v) is 1.48. The number of hydrogen-bond donors (Lipinski definition) is 1. The average molecular weight is 224 g/mol. The molecule has 0 aromatic carbocycles. The molecule has 0 saturated heterocycles. The SMILES string of the molecule is CCC(N)C(OCCOC)c1cccnc1. The summed E-state index contributed by atoms with van der Waals surface area (Å²) in [4.78, 5) is 4.08. The van der Waals surface area contributed by atoms with Crippen molar-refractivity contribution in [3.8, 4) is 0 Å². The standard InChI is InChI=1S/C12H20N2O2/c1-3-11(13)12(16-8-7-15-2)10-5-4-6-14-9-10/h4-6,9,11-12H,3,7-8,13H2,1-2H3. The summed E-state index contributed by atoms with van der Waals surface area (Å²) >= 11 is 0. The first-order valence-electron chi connectivity index (χ1n) is 5.55. The first-order valence-corrected chi connectivity index (χ1v) is 5.55. The lowest BCUT2D eigenvalue weighted by atomic mass is 10.0. The molecule has 1 aromatic heterocycles. The van der Waals surface area contributed by atoms with Crippen LogP contribution in [0.25, 0.3) is 0 Å². The number of nitrogens with zero attached hydrogens (tertiary/aromatic N) is 1. The quantitative estimate of drug-likeness (QED) is 0.713. The largest absolute Gasteiger partial charge is 0.382 e. The number of rotatable bonds is 7. The molecule has 0 spiro atoms. The third kappa shape index (κ3) is 3.89. The van der Waals surface area contributed by atoms with Crippen molar-refractivity contribution in [2.75, 3.05) is 20.3 Å². The van der Waals surface area contributed by atoms with E-state index in [-0.39, 0.29) is 12.1 Å².